The van der Waals surface area contributed by atoms with Crippen LogP contribution in [0, 0.1) is 5.92 Å². The highest BCUT2D eigenvalue weighted by molar-refractivity contribution is 5.85. The van der Waals surface area contributed by atoms with Crippen LogP contribution in [0.3, 0.4) is 0 Å². The Morgan fingerprint density at radius 3 is 2.43 bits per heavy atom. The summed E-state index contributed by atoms with van der Waals surface area (Å²) in [6, 6.07) is 10.4. The van der Waals surface area contributed by atoms with Gasteiger partial charge in [0.2, 0.25) is 5.91 Å². The zero-order valence-electron chi connectivity index (χ0n) is 13.9. The molecule has 1 unspecified atom stereocenters. The van der Waals surface area contributed by atoms with E-state index >= 15 is 0 Å². The van der Waals surface area contributed by atoms with Gasteiger partial charge >= 0.3 is 0 Å². The van der Waals surface area contributed by atoms with Crippen molar-refractivity contribution in [1.82, 2.24) is 10.2 Å². The third-order valence-electron chi connectivity index (χ3n) is 4.25. The van der Waals surface area contributed by atoms with E-state index in [2.05, 4.69) is 22.3 Å². The molecule has 23 heavy (non-hydrogen) atoms. The molecule has 1 saturated carbocycles. The lowest BCUT2D eigenvalue weighted by molar-refractivity contribution is -0.122. The van der Waals surface area contributed by atoms with Crippen LogP contribution in [-0.4, -0.2) is 37.5 Å². The minimum atomic E-state index is 0. The maximum Gasteiger partial charge on any atom is 0.220 e. The molecule has 2 rings (SSSR count). The quantitative estimate of drug-likeness (QED) is 0.818. The van der Waals surface area contributed by atoms with Crippen molar-refractivity contribution in [3.05, 3.63) is 35.9 Å². The van der Waals surface area contributed by atoms with Crippen molar-refractivity contribution < 1.29 is 4.79 Å². The van der Waals surface area contributed by atoms with Crippen LogP contribution in [0.4, 0.5) is 0 Å². The lowest BCUT2D eigenvalue weighted by atomic mass is 9.99. The molecule has 6 heteroatoms. The van der Waals surface area contributed by atoms with Crippen LogP contribution < -0.4 is 11.1 Å². The van der Waals surface area contributed by atoms with Gasteiger partial charge in [0.05, 0.1) is 6.04 Å². The van der Waals surface area contributed by atoms with Crippen LogP contribution in [0.1, 0.15) is 37.3 Å². The van der Waals surface area contributed by atoms with E-state index in [4.69, 9.17) is 5.73 Å². The zero-order valence-corrected chi connectivity index (χ0v) is 15.5. The molecule has 4 nitrogen and oxygen atoms in total. The topological polar surface area (TPSA) is 58.4 Å². The molecule has 3 N–H and O–H groups in total. The summed E-state index contributed by atoms with van der Waals surface area (Å²) >= 11 is 0. The highest BCUT2D eigenvalue weighted by Gasteiger charge is 2.27. The fraction of sp³-hybridized carbons (Fsp3) is 0.588. The number of rotatable bonds is 6. The first-order valence-electron chi connectivity index (χ1n) is 7.81. The highest BCUT2D eigenvalue weighted by Crippen LogP contribution is 2.27. The lowest BCUT2D eigenvalue weighted by Crippen LogP contribution is -2.37. The fourth-order valence-corrected chi connectivity index (χ4v) is 3.10. The Labute approximate surface area is 152 Å². The standard InChI is InChI=1S/C17H27N3O.2ClH/c1-20(2)12-16(13-7-4-3-5-8-13)19-17(21)11-14-9-6-10-15(14)18;;/h3-5,7-8,14-16H,6,9-12,18H2,1-2H3,(H,19,21);2*1H/t14-,15+,16?;;/m0../s1. The summed E-state index contributed by atoms with van der Waals surface area (Å²) in [4.78, 5) is 14.4. The molecule has 1 amide bonds. The largest absolute Gasteiger partial charge is 0.348 e. The molecular weight excluding hydrogens is 333 g/mol. The number of amides is 1. The second kappa shape index (κ2) is 10.9. The first kappa shape index (κ1) is 22.2. The number of hydrogen-bond acceptors (Lipinski definition) is 3. The van der Waals surface area contributed by atoms with Gasteiger partial charge in [-0.3, -0.25) is 4.79 Å². The van der Waals surface area contributed by atoms with E-state index in [0.717, 1.165) is 31.4 Å². The van der Waals surface area contributed by atoms with Crippen LogP contribution in [-0.2, 0) is 4.79 Å². The smallest absolute Gasteiger partial charge is 0.220 e. The van der Waals surface area contributed by atoms with Crippen LogP contribution in [0.2, 0.25) is 0 Å². The van der Waals surface area contributed by atoms with E-state index in [1.54, 1.807) is 0 Å². The summed E-state index contributed by atoms with van der Waals surface area (Å²) in [6.45, 7) is 0.798. The summed E-state index contributed by atoms with van der Waals surface area (Å²) in [5.74, 6) is 0.467. The average molecular weight is 362 g/mol. The summed E-state index contributed by atoms with van der Waals surface area (Å²) in [6.07, 6.45) is 3.84. The second-order valence-electron chi connectivity index (χ2n) is 6.35. The number of benzene rings is 1. The molecule has 1 aromatic rings. The van der Waals surface area contributed by atoms with E-state index in [0.29, 0.717) is 12.3 Å². The van der Waals surface area contributed by atoms with Gasteiger partial charge in [0.25, 0.3) is 0 Å². The van der Waals surface area contributed by atoms with Crippen LogP contribution in [0.5, 0.6) is 0 Å². The summed E-state index contributed by atoms with van der Waals surface area (Å²) < 4.78 is 0. The molecule has 0 aromatic heterocycles. The molecule has 0 spiro atoms. The van der Waals surface area contributed by atoms with E-state index in [9.17, 15) is 4.79 Å². The Bertz CT molecular complexity index is 456. The number of nitrogens with two attached hydrogens (primary N) is 1. The first-order valence-corrected chi connectivity index (χ1v) is 7.81. The van der Waals surface area contributed by atoms with Crippen molar-refractivity contribution >= 4 is 30.7 Å². The van der Waals surface area contributed by atoms with Gasteiger partial charge in [0.15, 0.2) is 0 Å². The van der Waals surface area contributed by atoms with E-state index in [-0.39, 0.29) is 42.8 Å². The van der Waals surface area contributed by atoms with Gasteiger partial charge in [-0.2, -0.15) is 0 Å². The second-order valence-corrected chi connectivity index (χ2v) is 6.35. The molecule has 1 fully saturated rings. The van der Waals surface area contributed by atoms with E-state index in [1.807, 2.05) is 32.3 Å². The molecule has 1 aliphatic carbocycles. The maximum absolute atomic E-state index is 12.3. The first-order chi connectivity index (χ1) is 10.1. The Kier molecular flexibility index (Phi) is 10.5. The molecule has 132 valence electrons. The number of hydrogen-bond donors (Lipinski definition) is 2. The number of nitrogens with one attached hydrogen (secondary N) is 1. The van der Waals surface area contributed by atoms with Gasteiger partial charge in [-0.05, 0) is 38.4 Å². The number of carbonyl (C=O) groups is 1. The van der Waals surface area contributed by atoms with Gasteiger partial charge < -0.3 is 16.0 Å². The Hall–Kier alpha value is -0.810. The number of nitrogens with zero attached hydrogens (tertiary/aromatic N) is 1. The molecule has 3 atom stereocenters. The van der Waals surface area contributed by atoms with Gasteiger partial charge in [0, 0.05) is 19.0 Å². The fourth-order valence-electron chi connectivity index (χ4n) is 3.10. The predicted molar refractivity (Wildman–Crippen MR) is 100 cm³/mol. The number of likely N-dealkylation sites (N-methyl/N-ethyl adjacent to an activating group) is 1. The van der Waals surface area contributed by atoms with E-state index < -0.39 is 0 Å². The highest BCUT2D eigenvalue weighted by atomic mass is 35.5. The van der Waals surface area contributed by atoms with Crippen LogP contribution >= 0.6 is 24.8 Å². The zero-order chi connectivity index (χ0) is 15.2. The summed E-state index contributed by atoms with van der Waals surface area (Å²) in [5.41, 5.74) is 7.21. The normalized spacial score (nSPS) is 21.2. The number of halogens is 2. The molecule has 0 bridgehead atoms. The average Bonchev–Trinajstić information content (AvgIpc) is 2.84. The van der Waals surface area contributed by atoms with E-state index in [1.165, 1.54) is 0 Å². The maximum atomic E-state index is 12.3. The van der Waals surface area contributed by atoms with Crippen molar-refractivity contribution in [3.63, 3.8) is 0 Å². The molecule has 1 aromatic carbocycles. The third kappa shape index (κ3) is 7.08. The Morgan fingerprint density at radius 2 is 1.91 bits per heavy atom. The molecule has 0 saturated heterocycles. The third-order valence-corrected chi connectivity index (χ3v) is 4.25. The molecule has 1 aliphatic rings. The SMILES string of the molecule is CN(C)CC(NC(=O)C[C@@H]1CCC[C@H]1N)c1ccccc1.Cl.Cl. The van der Waals surface area contributed by atoms with Crippen LogP contribution in [0.25, 0.3) is 0 Å². The minimum absolute atomic E-state index is 0. The lowest BCUT2D eigenvalue weighted by Gasteiger charge is -2.24. The van der Waals surface area contributed by atoms with Gasteiger partial charge in [-0.1, -0.05) is 36.8 Å². The van der Waals surface area contributed by atoms with Crippen molar-refractivity contribution in [2.24, 2.45) is 11.7 Å². The predicted octanol–water partition coefficient (Wildman–Crippen LogP) is 2.77. The van der Waals surface area contributed by atoms with Crippen molar-refractivity contribution in [2.75, 3.05) is 20.6 Å². The molecular formula is C17H29Cl2N3O. The molecule has 0 radical (unpaired) electrons. The Morgan fingerprint density at radius 1 is 1.26 bits per heavy atom. The van der Waals surface area contributed by atoms with Crippen molar-refractivity contribution in [1.29, 1.82) is 0 Å². The van der Waals surface area contributed by atoms with Crippen molar-refractivity contribution in [3.8, 4) is 0 Å². The molecule has 0 aliphatic heterocycles. The van der Waals surface area contributed by atoms with Gasteiger partial charge in [-0.15, -0.1) is 24.8 Å². The molecule has 0 heterocycles. The Balaban J connectivity index is 0.00000242. The number of carbonyl (C=O) groups excluding carboxylic acids is 1. The summed E-state index contributed by atoms with van der Waals surface area (Å²) in [7, 11) is 4.05. The van der Waals surface area contributed by atoms with Crippen LogP contribution in [0.15, 0.2) is 30.3 Å². The summed E-state index contributed by atoms with van der Waals surface area (Å²) in [5, 5.41) is 3.18. The minimum Gasteiger partial charge on any atom is -0.348 e. The van der Waals surface area contributed by atoms with Gasteiger partial charge in [0.1, 0.15) is 0 Å². The van der Waals surface area contributed by atoms with Crippen molar-refractivity contribution in [2.45, 2.75) is 37.8 Å². The van der Waals surface area contributed by atoms with Gasteiger partial charge in [-0.25, -0.2) is 0 Å². The monoisotopic (exact) mass is 361 g/mol.